The van der Waals surface area contributed by atoms with Crippen molar-refractivity contribution in [2.75, 3.05) is 6.54 Å². The van der Waals surface area contributed by atoms with E-state index in [1.807, 2.05) is 0 Å². The van der Waals surface area contributed by atoms with E-state index in [2.05, 4.69) is 26.6 Å². The van der Waals surface area contributed by atoms with E-state index >= 15 is 0 Å². The number of aliphatic carboxylic acids is 1. The molecule has 1 aromatic carbocycles. The summed E-state index contributed by atoms with van der Waals surface area (Å²) >= 11 is 0. The molecule has 1 rings (SSSR count). The van der Waals surface area contributed by atoms with E-state index in [1.54, 1.807) is 27.7 Å². The van der Waals surface area contributed by atoms with Gasteiger partial charge in [0, 0.05) is 12.8 Å². The van der Waals surface area contributed by atoms with Gasteiger partial charge in [-0.1, -0.05) is 39.8 Å². The number of hydrogen-bond acceptors (Lipinski definition) is 11. The van der Waals surface area contributed by atoms with Crippen LogP contribution in [0.1, 0.15) is 71.8 Å². The van der Waals surface area contributed by atoms with Crippen LogP contribution in [0.2, 0.25) is 0 Å². The summed E-state index contributed by atoms with van der Waals surface area (Å²) in [5.41, 5.74) is 22.5. The Balaban J connectivity index is 3.37. The van der Waals surface area contributed by atoms with Crippen molar-refractivity contribution < 1.29 is 48.6 Å². The molecule has 53 heavy (non-hydrogen) atoms. The highest BCUT2D eigenvalue weighted by Crippen LogP contribution is 2.13. The minimum absolute atomic E-state index is 0.0337. The van der Waals surface area contributed by atoms with E-state index in [1.165, 1.54) is 24.3 Å². The molecule has 296 valence electrons. The number of nitrogens with two attached hydrogens (primary N) is 4. The number of carboxylic acids is 1. The van der Waals surface area contributed by atoms with Crippen molar-refractivity contribution in [1.82, 2.24) is 26.6 Å². The van der Waals surface area contributed by atoms with Crippen molar-refractivity contribution in [1.29, 1.82) is 0 Å². The van der Waals surface area contributed by atoms with Gasteiger partial charge in [0.25, 0.3) is 0 Å². The number of primary amides is 2. The van der Waals surface area contributed by atoms with Crippen molar-refractivity contribution in [3.05, 3.63) is 29.8 Å². The van der Waals surface area contributed by atoms with Gasteiger partial charge in [0.1, 0.15) is 36.0 Å². The van der Waals surface area contributed by atoms with Crippen LogP contribution in [0, 0.1) is 11.8 Å². The molecule has 0 aliphatic heterocycles. The minimum Gasteiger partial charge on any atom is -0.508 e. The molecule has 0 saturated carbocycles. The Morgan fingerprint density at radius 2 is 1.17 bits per heavy atom. The first-order valence-corrected chi connectivity index (χ1v) is 17.3. The van der Waals surface area contributed by atoms with Crippen LogP contribution in [0.15, 0.2) is 24.3 Å². The summed E-state index contributed by atoms with van der Waals surface area (Å²) < 4.78 is 0. The topological polar surface area (TPSA) is 341 Å². The molecule has 6 atom stereocenters. The predicted octanol–water partition coefficient (Wildman–Crippen LogP) is -2.65. The Bertz CT molecular complexity index is 1440. The van der Waals surface area contributed by atoms with E-state index in [9.17, 15) is 48.6 Å². The second-order valence-corrected chi connectivity index (χ2v) is 13.4. The maximum atomic E-state index is 13.9. The molecule has 0 saturated heterocycles. The van der Waals surface area contributed by atoms with Gasteiger partial charge in [-0.2, -0.15) is 0 Å². The molecule has 7 amide bonds. The lowest BCUT2D eigenvalue weighted by atomic mass is 9.99. The quantitative estimate of drug-likeness (QED) is 0.0483. The third-order valence-electron chi connectivity index (χ3n) is 8.19. The van der Waals surface area contributed by atoms with Gasteiger partial charge < -0.3 is 59.7 Å². The molecule has 0 aliphatic carbocycles. The lowest BCUT2D eigenvalue weighted by molar-refractivity contribution is -0.142. The fraction of sp³-hybridized carbons (Fsp3) is 0.588. The summed E-state index contributed by atoms with van der Waals surface area (Å²) in [4.78, 5) is 102. The molecular formula is C34H55N9O10. The van der Waals surface area contributed by atoms with Crippen molar-refractivity contribution in [3.63, 3.8) is 0 Å². The highest BCUT2D eigenvalue weighted by Gasteiger charge is 2.34. The molecule has 0 fully saturated rings. The van der Waals surface area contributed by atoms with E-state index in [0.29, 0.717) is 24.9 Å². The first kappa shape index (κ1) is 45.7. The molecule has 0 aromatic heterocycles. The van der Waals surface area contributed by atoms with Crippen LogP contribution in [0.5, 0.6) is 5.75 Å². The molecule has 15 N–H and O–H groups in total. The number of unbranched alkanes of at least 4 members (excludes halogenated alkanes) is 1. The molecule has 1 aromatic rings. The monoisotopic (exact) mass is 749 g/mol. The van der Waals surface area contributed by atoms with Crippen molar-refractivity contribution in [2.45, 2.75) is 109 Å². The third kappa shape index (κ3) is 16.7. The number of rotatable bonds is 24. The number of carbonyl (C=O) groups is 8. The first-order chi connectivity index (χ1) is 24.8. The van der Waals surface area contributed by atoms with E-state index in [0.717, 1.165) is 0 Å². The number of phenolic OH excluding ortho intramolecular Hbond substituents is 1. The third-order valence-corrected chi connectivity index (χ3v) is 8.19. The van der Waals surface area contributed by atoms with Crippen molar-refractivity contribution >= 4 is 47.3 Å². The number of benzene rings is 1. The fourth-order valence-electron chi connectivity index (χ4n) is 4.96. The normalized spacial score (nSPS) is 14.5. The average Bonchev–Trinajstić information content (AvgIpc) is 3.07. The highest BCUT2D eigenvalue weighted by molar-refractivity contribution is 5.97. The van der Waals surface area contributed by atoms with E-state index in [-0.39, 0.29) is 37.4 Å². The lowest BCUT2D eigenvalue weighted by Gasteiger charge is -2.28. The summed E-state index contributed by atoms with van der Waals surface area (Å²) in [6.07, 6.45) is -0.453. The van der Waals surface area contributed by atoms with Crippen molar-refractivity contribution in [3.8, 4) is 5.75 Å². The summed E-state index contributed by atoms with van der Waals surface area (Å²) in [7, 11) is 0. The predicted molar refractivity (Wildman–Crippen MR) is 192 cm³/mol. The van der Waals surface area contributed by atoms with Gasteiger partial charge in [0.2, 0.25) is 41.4 Å². The molecule has 0 radical (unpaired) electrons. The Kier molecular flexibility index (Phi) is 19.5. The van der Waals surface area contributed by atoms with Crippen LogP contribution in [0.25, 0.3) is 0 Å². The van der Waals surface area contributed by atoms with Gasteiger partial charge in [0.05, 0.1) is 12.5 Å². The zero-order valence-electron chi connectivity index (χ0n) is 30.6. The molecule has 0 heterocycles. The summed E-state index contributed by atoms with van der Waals surface area (Å²) in [6, 6.07) is -2.33. The molecular weight excluding hydrogens is 694 g/mol. The maximum Gasteiger partial charge on any atom is 0.326 e. The minimum atomic E-state index is -1.60. The Labute approximate surface area is 308 Å². The fourth-order valence-corrected chi connectivity index (χ4v) is 4.96. The van der Waals surface area contributed by atoms with Crippen LogP contribution in [-0.2, 0) is 44.8 Å². The van der Waals surface area contributed by atoms with E-state index in [4.69, 9.17) is 22.9 Å². The van der Waals surface area contributed by atoms with Gasteiger partial charge >= 0.3 is 5.97 Å². The molecule has 0 spiro atoms. The van der Waals surface area contributed by atoms with Gasteiger partial charge in [-0.15, -0.1) is 0 Å². The van der Waals surface area contributed by atoms with Crippen molar-refractivity contribution in [2.24, 2.45) is 34.8 Å². The second-order valence-electron chi connectivity index (χ2n) is 13.4. The number of phenols is 1. The first-order valence-electron chi connectivity index (χ1n) is 17.3. The Hall–Kier alpha value is -5.30. The summed E-state index contributed by atoms with van der Waals surface area (Å²) in [6.45, 7) is 6.85. The van der Waals surface area contributed by atoms with Gasteiger partial charge in [0.15, 0.2) is 0 Å². The number of amides is 7. The van der Waals surface area contributed by atoms with Gasteiger partial charge in [-0.3, -0.25) is 33.6 Å². The molecule has 19 heteroatoms. The lowest BCUT2D eigenvalue weighted by Crippen LogP contribution is -2.61. The highest BCUT2D eigenvalue weighted by atomic mass is 16.4. The standard InChI is InChI=1S/C34H55N9O10/c1-17(2)27(38)32(50)39-21(12-13-25(36)45)29(47)41-23(15-19-8-10-20(44)11-9-19)31(49)43-28(18(3)4)33(51)42-24(16-26(37)46)30(48)40-22(34(52)53)7-5-6-14-35/h8-11,17-18,21-24,27-28,44H,5-7,12-16,35,38H2,1-4H3,(H2,36,45)(H2,37,46)(H,39,50)(H,40,48)(H,41,47)(H,42,51)(H,43,49)(H,52,53)/t21-,22-,23-,24-,27-,28-/m0/s1. The largest absolute Gasteiger partial charge is 0.508 e. The van der Waals surface area contributed by atoms with Crippen LogP contribution < -0.4 is 49.5 Å². The molecule has 0 unspecified atom stereocenters. The smallest absolute Gasteiger partial charge is 0.326 e. The number of hydrogen-bond donors (Lipinski definition) is 11. The van der Waals surface area contributed by atoms with E-state index < -0.39 is 95.9 Å². The summed E-state index contributed by atoms with van der Waals surface area (Å²) in [5.74, 6) is -8.39. The Morgan fingerprint density at radius 1 is 0.642 bits per heavy atom. The molecule has 0 aliphatic rings. The second kappa shape index (κ2) is 22.6. The van der Waals surface area contributed by atoms with Gasteiger partial charge in [-0.05, 0) is 61.8 Å². The number of aromatic hydroxyl groups is 1. The number of carboxylic acid groups (broad SMARTS) is 1. The van der Waals surface area contributed by atoms with Crippen LogP contribution >= 0.6 is 0 Å². The van der Waals surface area contributed by atoms with Crippen LogP contribution in [0.3, 0.4) is 0 Å². The zero-order valence-corrected chi connectivity index (χ0v) is 30.6. The summed E-state index contributed by atoms with van der Waals surface area (Å²) in [5, 5.41) is 31.6. The number of nitrogens with one attached hydrogen (secondary N) is 5. The SMILES string of the molecule is CC(C)[C@H](N)C(=O)N[C@@H](CCC(N)=O)C(=O)N[C@@H](Cc1ccc(O)cc1)C(=O)N[C@H](C(=O)N[C@@H](CC(N)=O)C(=O)N[C@@H](CCCCN)C(=O)O)C(C)C. The molecule has 0 bridgehead atoms. The average molecular weight is 750 g/mol. The Morgan fingerprint density at radius 3 is 1.68 bits per heavy atom. The van der Waals surface area contributed by atoms with Gasteiger partial charge in [-0.25, -0.2) is 4.79 Å². The zero-order chi connectivity index (χ0) is 40.4. The number of carbonyl (C=O) groups excluding carboxylic acids is 7. The van der Waals surface area contributed by atoms with Crippen LogP contribution in [-0.4, -0.2) is 100 Å². The maximum absolute atomic E-state index is 13.9. The van der Waals surface area contributed by atoms with Crippen LogP contribution in [0.4, 0.5) is 0 Å². The molecule has 19 nitrogen and oxygen atoms in total.